The molecule has 1 N–H and O–H groups in total. The minimum atomic E-state index is -3.46. The van der Waals surface area contributed by atoms with Crippen LogP contribution < -0.4 is 14.4 Å². The molecule has 0 unspecified atom stereocenters. The summed E-state index contributed by atoms with van der Waals surface area (Å²) in [6.07, 6.45) is 3.95. The van der Waals surface area contributed by atoms with E-state index in [1.165, 1.54) is 9.87 Å². The first-order valence-electron chi connectivity index (χ1n) is 9.51. The molecule has 1 atom stereocenters. The number of fused-ring (bicyclic) bond motifs is 1. The molecule has 0 fully saturated rings. The van der Waals surface area contributed by atoms with E-state index in [2.05, 4.69) is 12.2 Å². The van der Waals surface area contributed by atoms with Crippen molar-refractivity contribution in [3.8, 4) is 5.75 Å². The van der Waals surface area contributed by atoms with E-state index in [9.17, 15) is 13.2 Å². The zero-order valence-electron chi connectivity index (χ0n) is 16.2. The molecule has 1 heterocycles. The minimum absolute atomic E-state index is 0.184. The van der Waals surface area contributed by atoms with Crippen LogP contribution in [0.1, 0.15) is 31.7 Å². The van der Waals surface area contributed by atoms with Gasteiger partial charge in [0.1, 0.15) is 5.75 Å². The quantitative estimate of drug-likeness (QED) is 0.801. The van der Waals surface area contributed by atoms with Crippen LogP contribution >= 0.6 is 0 Å². The maximum atomic E-state index is 12.7. The zero-order chi connectivity index (χ0) is 20.1. The van der Waals surface area contributed by atoms with Crippen LogP contribution in [0, 0.1) is 0 Å². The second-order valence-electron chi connectivity index (χ2n) is 6.99. The van der Waals surface area contributed by atoms with E-state index < -0.39 is 16.1 Å². The molecule has 0 radical (unpaired) electrons. The van der Waals surface area contributed by atoms with Crippen molar-refractivity contribution < 1.29 is 17.9 Å². The summed E-state index contributed by atoms with van der Waals surface area (Å²) in [4.78, 5) is 12.7. The lowest BCUT2D eigenvalue weighted by molar-refractivity contribution is -0.122. The van der Waals surface area contributed by atoms with Gasteiger partial charge in [-0.25, -0.2) is 8.42 Å². The van der Waals surface area contributed by atoms with Crippen LogP contribution in [0.25, 0.3) is 0 Å². The normalized spacial score (nSPS) is 16.6. The molecule has 150 valence electrons. The van der Waals surface area contributed by atoms with Gasteiger partial charge in [-0.05, 0) is 42.7 Å². The number of para-hydroxylation sites is 2. The number of carbonyl (C=O) groups excluding carboxylic acids is 1. The Balaban J connectivity index is 1.73. The minimum Gasteiger partial charge on any atom is -0.478 e. The van der Waals surface area contributed by atoms with E-state index >= 15 is 0 Å². The van der Waals surface area contributed by atoms with Crippen LogP contribution in [0.5, 0.6) is 5.75 Å². The van der Waals surface area contributed by atoms with Gasteiger partial charge in [-0.15, -0.1) is 0 Å². The van der Waals surface area contributed by atoms with Gasteiger partial charge >= 0.3 is 0 Å². The maximum Gasteiger partial charge on any atom is 0.265 e. The number of ether oxygens (including phenoxy) is 1. The van der Waals surface area contributed by atoms with Crippen molar-refractivity contribution in [2.75, 3.05) is 22.4 Å². The zero-order valence-corrected chi connectivity index (χ0v) is 17.0. The fourth-order valence-corrected chi connectivity index (χ4v) is 4.16. The standard InChI is InChI=1S/C21H26N2O4S/c1-3-4-7-16-10-12-17(13-11-16)22-21(24)20-14-15-23(28(2,25)26)18-8-5-6-9-19(18)27-20/h5-6,8-13,20H,3-4,7,14-15H2,1-2H3,(H,22,24)/t20-/m0/s1. The topological polar surface area (TPSA) is 75.7 Å². The molecule has 0 saturated heterocycles. The largest absolute Gasteiger partial charge is 0.478 e. The van der Waals surface area contributed by atoms with Gasteiger partial charge in [-0.1, -0.05) is 37.6 Å². The number of hydrogen-bond donors (Lipinski definition) is 1. The Hall–Kier alpha value is -2.54. The van der Waals surface area contributed by atoms with Gasteiger partial charge in [0, 0.05) is 18.7 Å². The van der Waals surface area contributed by atoms with Crippen LogP contribution in [0.3, 0.4) is 0 Å². The molecule has 0 aromatic heterocycles. The lowest BCUT2D eigenvalue weighted by Crippen LogP contribution is -2.35. The highest BCUT2D eigenvalue weighted by molar-refractivity contribution is 7.92. The molecule has 1 amide bonds. The monoisotopic (exact) mass is 402 g/mol. The molecular weight excluding hydrogens is 376 g/mol. The fourth-order valence-electron chi connectivity index (χ4n) is 3.22. The van der Waals surface area contributed by atoms with E-state index in [-0.39, 0.29) is 18.9 Å². The summed E-state index contributed by atoms with van der Waals surface area (Å²) in [6, 6.07) is 14.7. The molecule has 0 spiro atoms. The molecule has 1 aliphatic heterocycles. The van der Waals surface area contributed by atoms with Gasteiger partial charge in [0.15, 0.2) is 6.10 Å². The van der Waals surface area contributed by atoms with Gasteiger partial charge in [-0.2, -0.15) is 0 Å². The Morgan fingerprint density at radius 2 is 1.89 bits per heavy atom. The Bertz CT molecular complexity index is 926. The van der Waals surface area contributed by atoms with Crippen LogP contribution in [-0.2, 0) is 21.2 Å². The van der Waals surface area contributed by atoms with Crippen molar-refractivity contribution in [3.63, 3.8) is 0 Å². The Labute approximate surface area is 166 Å². The Morgan fingerprint density at radius 1 is 1.18 bits per heavy atom. The summed E-state index contributed by atoms with van der Waals surface area (Å²) in [5.74, 6) is 0.104. The maximum absolute atomic E-state index is 12.7. The first kappa shape index (κ1) is 20.2. The van der Waals surface area contributed by atoms with Crippen LogP contribution in [0.4, 0.5) is 11.4 Å². The van der Waals surface area contributed by atoms with E-state index in [1.54, 1.807) is 24.3 Å². The van der Waals surface area contributed by atoms with E-state index in [4.69, 9.17) is 4.74 Å². The van der Waals surface area contributed by atoms with Gasteiger partial charge in [-0.3, -0.25) is 9.10 Å². The molecule has 0 aliphatic carbocycles. The highest BCUT2D eigenvalue weighted by Crippen LogP contribution is 2.34. The summed E-state index contributed by atoms with van der Waals surface area (Å²) in [6.45, 7) is 2.34. The van der Waals surface area contributed by atoms with Crippen LogP contribution in [0.2, 0.25) is 0 Å². The van der Waals surface area contributed by atoms with Gasteiger partial charge < -0.3 is 10.1 Å². The molecule has 0 bridgehead atoms. The van der Waals surface area contributed by atoms with E-state index in [1.807, 2.05) is 24.3 Å². The smallest absolute Gasteiger partial charge is 0.265 e. The predicted octanol–water partition coefficient (Wildman–Crippen LogP) is 3.59. The number of amides is 1. The summed E-state index contributed by atoms with van der Waals surface area (Å²) >= 11 is 0. The SMILES string of the molecule is CCCCc1ccc(NC(=O)[C@@H]2CCN(S(C)(=O)=O)c3ccccc3O2)cc1. The molecule has 0 saturated carbocycles. The van der Waals surface area contributed by atoms with E-state index in [0.29, 0.717) is 17.1 Å². The summed E-state index contributed by atoms with van der Waals surface area (Å²) in [7, 11) is -3.46. The molecule has 2 aromatic carbocycles. The van der Waals surface area contributed by atoms with Gasteiger partial charge in [0.05, 0.1) is 11.9 Å². The number of anilines is 2. The number of unbranched alkanes of at least 4 members (excludes halogenated alkanes) is 1. The molecule has 3 rings (SSSR count). The van der Waals surface area contributed by atoms with E-state index in [0.717, 1.165) is 25.5 Å². The highest BCUT2D eigenvalue weighted by Gasteiger charge is 2.31. The van der Waals surface area contributed by atoms with Crippen molar-refractivity contribution in [1.82, 2.24) is 0 Å². The molecule has 2 aromatic rings. The van der Waals surface area contributed by atoms with Crippen LogP contribution in [0.15, 0.2) is 48.5 Å². The second kappa shape index (κ2) is 8.65. The number of carbonyl (C=O) groups is 1. The number of rotatable bonds is 6. The van der Waals surface area contributed by atoms with Crippen molar-refractivity contribution in [2.24, 2.45) is 0 Å². The molecule has 28 heavy (non-hydrogen) atoms. The molecule has 7 heteroatoms. The number of nitrogens with zero attached hydrogens (tertiary/aromatic N) is 1. The Kier molecular flexibility index (Phi) is 6.24. The van der Waals surface area contributed by atoms with Crippen molar-refractivity contribution in [2.45, 2.75) is 38.7 Å². The Morgan fingerprint density at radius 3 is 2.57 bits per heavy atom. The first-order valence-corrected chi connectivity index (χ1v) is 11.4. The van der Waals surface area contributed by atoms with Crippen LogP contribution in [-0.4, -0.2) is 33.2 Å². The number of benzene rings is 2. The third-order valence-corrected chi connectivity index (χ3v) is 5.91. The number of nitrogens with one attached hydrogen (secondary N) is 1. The number of hydrogen-bond acceptors (Lipinski definition) is 4. The molecule has 1 aliphatic rings. The first-order chi connectivity index (χ1) is 13.4. The molecule has 6 nitrogen and oxygen atoms in total. The average Bonchev–Trinajstić information content (AvgIpc) is 2.87. The van der Waals surface area contributed by atoms with Crippen molar-refractivity contribution >= 4 is 27.3 Å². The summed E-state index contributed by atoms with van der Waals surface area (Å²) in [5, 5.41) is 2.88. The summed E-state index contributed by atoms with van der Waals surface area (Å²) in [5.41, 5.74) is 2.40. The lowest BCUT2D eigenvalue weighted by Gasteiger charge is -2.20. The average molecular weight is 403 g/mol. The lowest BCUT2D eigenvalue weighted by atomic mass is 10.1. The highest BCUT2D eigenvalue weighted by atomic mass is 32.2. The fraction of sp³-hybridized carbons (Fsp3) is 0.381. The second-order valence-corrected chi connectivity index (χ2v) is 8.89. The van der Waals surface area contributed by atoms with Gasteiger partial charge in [0.2, 0.25) is 10.0 Å². The summed E-state index contributed by atoms with van der Waals surface area (Å²) < 4.78 is 31.5. The van der Waals surface area contributed by atoms with Crippen molar-refractivity contribution in [3.05, 3.63) is 54.1 Å². The number of sulfonamides is 1. The third-order valence-electron chi connectivity index (χ3n) is 4.73. The van der Waals surface area contributed by atoms with Gasteiger partial charge in [0.25, 0.3) is 5.91 Å². The third kappa shape index (κ3) is 4.84. The van der Waals surface area contributed by atoms with Crippen molar-refractivity contribution in [1.29, 1.82) is 0 Å². The number of aryl methyl sites for hydroxylation is 1. The molecular formula is C21H26N2O4S. The predicted molar refractivity (Wildman–Crippen MR) is 111 cm³/mol.